The van der Waals surface area contributed by atoms with E-state index in [9.17, 15) is 5.26 Å². The number of hydrogen-bond donors (Lipinski definition) is 0. The molecule has 0 amide bonds. The third-order valence-corrected chi connectivity index (χ3v) is 9.81. The molecule has 3 heterocycles. The quantitative estimate of drug-likeness (QED) is 0.208. The highest BCUT2D eigenvalue weighted by molar-refractivity contribution is 7.97. The summed E-state index contributed by atoms with van der Waals surface area (Å²) in [6, 6.07) is 45.4. The zero-order valence-electron chi connectivity index (χ0n) is 23.2. The zero-order valence-corrected chi connectivity index (χ0v) is 24.0. The molecule has 0 fully saturated rings. The fourth-order valence-corrected chi connectivity index (χ4v) is 7.76. The van der Waals surface area contributed by atoms with Crippen molar-refractivity contribution in [1.29, 1.82) is 5.26 Å². The van der Waals surface area contributed by atoms with Gasteiger partial charge >= 0.3 is 0 Å². The van der Waals surface area contributed by atoms with Crippen LogP contribution in [0.4, 0.5) is 0 Å². The summed E-state index contributed by atoms with van der Waals surface area (Å²) in [5, 5.41) is 14.1. The molecule has 43 heavy (non-hydrogen) atoms. The predicted octanol–water partition coefficient (Wildman–Crippen LogP) is 10.6. The van der Waals surface area contributed by atoms with Crippen molar-refractivity contribution in [3.05, 3.63) is 138 Å². The van der Waals surface area contributed by atoms with Gasteiger partial charge in [0.25, 0.3) is 0 Å². The first-order valence-corrected chi connectivity index (χ1v) is 15.6. The summed E-state index contributed by atoms with van der Waals surface area (Å²) in [5.74, 6) is 1.96. The summed E-state index contributed by atoms with van der Waals surface area (Å²) in [5.41, 5.74) is 13.5. The molecule has 1 aliphatic rings. The standard InChI is InChI=1S/C39H24N2OS/c40-21-24-9-16-37-35(17-24)30-5-1-3-7-36(30)41(37)29-14-12-28-23-43-22-27-11-10-25(18-33(27)34(28)20-29)26-13-15-32-31-6-2-4-8-38(31)42-39(32)19-26/h1-20H,22-23H2. The average molecular weight is 569 g/mol. The summed E-state index contributed by atoms with van der Waals surface area (Å²) < 4.78 is 8.56. The molecule has 1 aliphatic heterocycles. The molecule has 9 rings (SSSR count). The van der Waals surface area contributed by atoms with Gasteiger partial charge in [0.1, 0.15) is 11.2 Å². The molecule has 0 N–H and O–H groups in total. The number of thioether (sulfide) groups is 1. The van der Waals surface area contributed by atoms with Gasteiger partial charge < -0.3 is 8.98 Å². The van der Waals surface area contributed by atoms with Crippen LogP contribution < -0.4 is 0 Å². The van der Waals surface area contributed by atoms with E-state index >= 15 is 0 Å². The Kier molecular flexibility index (Phi) is 5.32. The number of rotatable bonds is 2. The molecule has 8 aromatic rings. The number of benzene rings is 6. The minimum atomic E-state index is 0.677. The van der Waals surface area contributed by atoms with Crippen LogP contribution in [0.15, 0.2) is 126 Å². The normalized spacial score (nSPS) is 12.8. The van der Waals surface area contributed by atoms with Gasteiger partial charge in [-0.05, 0) is 94.0 Å². The lowest BCUT2D eigenvalue weighted by atomic mass is 9.92. The lowest BCUT2D eigenvalue weighted by Crippen LogP contribution is -1.97. The van der Waals surface area contributed by atoms with E-state index in [0.717, 1.165) is 66.5 Å². The summed E-state index contributed by atoms with van der Waals surface area (Å²) in [6.45, 7) is 0. The highest BCUT2D eigenvalue weighted by Gasteiger charge is 2.19. The second kappa shape index (κ2) is 9.39. The first-order valence-electron chi connectivity index (χ1n) is 14.4. The van der Waals surface area contributed by atoms with E-state index in [-0.39, 0.29) is 0 Å². The van der Waals surface area contributed by atoms with E-state index in [4.69, 9.17) is 4.42 Å². The zero-order chi connectivity index (χ0) is 28.5. The van der Waals surface area contributed by atoms with Crippen LogP contribution in [0.25, 0.3) is 71.7 Å². The molecule has 0 radical (unpaired) electrons. The maximum absolute atomic E-state index is 9.57. The molecule has 202 valence electrons. The summed E-state index contributed by atoms with van der Waals surface area (Å²) >= 11 is 1.97. The van der Waals surface area contributed by atoms with Gasteiger partial charge in [0.2, 0.25) is 0 Å². The van der Waals surface area contributed by atoms with Crippen LogP contribution in [0, 0.1) is 11.3 Å². The van der Waals surface area contributed by atoms with Gasteiger partial charge in [0.15, 0.2) is 0 Å². The van der Waals surface area contributed by atoms with Crippen LogP contribution in [0.1, 0.15) is 16.7 Å². The van der Waals surface area contributed by atoms with Crippen LogP contribution in [-0.2, 0) is 11.5 Å². The summed E-state index contributed by atoms with van der Waals surface area (Å²) in [7, 11) is 0. The van der Waals surface area contributed by atoms with Gasteiger partial charge in [-0.1, -0.05) is 60.7 Å². The minimum Gasteiger partial charge on any atom is -0.456 e. The number of para-hydroxylation sites is 2. The first kappa shape index (κ1) is 24.4. The van der Waals surface area contributed by atoms with Crippen molar-refractivity contribution in [3.63, 3.8) is 0 Å². The molecule has 0 spiro atoms. The molecule has 4 heteroatoms. The Balaban J connectivity index is 1.23. The van der Waals surface area contributed by atoms with E-state index < -0.39 is 0 Å². The van der Waals surface area contributed by atoms with Crippen molar-refractivity contribution in [3.8, 4) is 34.0 Å². The van der Waals surface area contributed by atoms with Crippen LogP contribution in [0.3, 0.4) is 0 Å². The third kappa shape index (κ3) is 3.75. The SMILES string of the molecule is N#Cc1ccc2c(c1)c1ccccc1n2-c1ccc2c(c1)-c1cc(-c3ccc4c(c3)oc3ccccc34)ccc1CSC2. The van der Waals surface area contributed by atoms with Gasteiger partial charge in [-0.25, -0.2) is 0 Å². The van der Waals surface area contributed by atoms with Crippen LogP contribution in [0.5, 0.6) is 0 Å². The monoisotopic (exact) mass is 568 g/mol. The average Bonchev–Trinajstić information content (AvgIpc) is 3.53. The third-order valence-electron chi connectivity index (χ3n) is 8.78. The van der Waals surface area contributed by atoms with Crippen molar-refractivity contribution in [2.75, 3.05) is 0 Å². The lowest BCUT2D eigenvalue weighted by molar-refractivity contribution is 0.669. The highest BCUT2D eigenvalue weighted by atomic mass is 32.2. The van der Waals surface area contributed by atoms with E-state index in [1.165, 1.54) is 27.8 Å². The first-order chi connectivity index (χ1) is 21.2. The number of hydrogen-bond acceptors (Lipinski definition) is 3. The number of fused-ring (bicyclic) bond motifs is 9. The summed E-state index contributed by atoms with van der Waals surface area (Å²) in [6.07, 6.45) is 0. The minimum absolute atomic E-state index is 0.677. The Morgan fingerprint density at radius 3 is 2.16 bits per heavy atom. The molecule has 0 aliphatic carbocycles. The highest BCUT2D eigenvalue weighted by Crippen LogP contribution is 2.41. The Morgan fingerprint density at radius 1 is 0.581 bits per heavy atom. The van der Waals surface area contributed by atoms with Crippen molar-refractivity contribution < 1.29 is 4.42 Å². The number of furan rings is 1. The molecule has 2 aromatic heterocycles. The van der Waals surface area contributed by atoms with Crippen molar-refractivity contribution in [1.82, 2.24) is 4.57 Å². The maximum atomic E-state index is 9.57. The van der Waals surface area contributed by atoms with Crippen LogP contribution >= 0.6 is 11.8 Å². The maximum Gasteiger partial charge on any atom is 0.136 e. The van der Waals surface area contributed by atoms with Gasteiger partial charge in [0.05, 0.1) is 22.7 Å². The fraction of sp³-hybridized carbons (Fsp3) is 0.0513. The molecular formula is C39H24N2OS. The molecule has 0 bridgehead atoms. The lowest BCUT2D eigenvalue weighted by Gasteiger charge is -2.15. The van der Waals surface area contributed by atoms with Gasteiger partial charge in [0, 0.05) is 38.7 Å². The van der Waals surface area contributed by atoms with Crippen molar-refractivity contribution in [2.45, 2.75) is 11.5 Å². The van der Waals surface area contributed by atoms with Gasteiger partial charge in [-0.15, -0.1) is 0 Å². The predicted molar refractivity (Wildman–Crippen MR) is 179 cm³/mol. The van der Waals surface area contributed by atoms with E-state index in [2.05, 4.69) is 108 Å². The largest absolute Gasteiger partial charge is 0.456 e. The van der Waals surface area contributed by atoms with Crippen molar-refractivity contribution >= 4 is 55.5 Å². The fourth-order valence-electron chi connectivity index (χ4n) is 6.71. The van der Waals surface area contributed by atoms with E-state index in [0.29, 0.717) is 5.56 Å². The molecule has 3 nitrogen and oxygen atoms in total. The second-order valence-corrected chi connectivity index (χ2v) is 12.2. The molecule has 0 saturated carbocycles. The molecule has 0 atom stereocenters. The Hall–Kier alpha value is -5.24. The van der Waals surface area contributed by atoms with Crippen molar-refractivity contribution in [2.24, 2.45) is 0 Å². The van der Waals surface area contributed by atoms with E-state index in [1.807, 2.05) is 36.0 Å². The number of nitrogens with zero attached hydrogens (tertiary/aromatic N) is 2. The van der Waals surface area contributed by atoms with E-state index in [1.54, 1.807) is 0 Å². The number of nitriles is 1. The molecule has 0 unspecified atom stereocenters. The smallest absolute Gasteiger partial charge is 0.136 e. The molecular weight excluding hydrogens is 545 g/mol. The van der Waals surface area contributed by atoms with Gasteiger partial charge in [-0.2, -0.15) is 17.0 Å². The number of aromatic nitrogens is 1. The van der Waals surface area contributed by atoms with Crippen LogP contribution in [0.2, 0.25) is 0 Å². The second-order valence-electron chi connectivity index (χ2n) is 11.2. The molecule has 0 saturated heterocycles. The summed E-state index contributed by atoms with van der Waals surface area (Å²) in [4.78, 5) is 0. The van der Waals surface area contributed by atoms with Crippen LogP contribution in [-0.4, -0.2) is 4.57 Å². The topological polar surface area (TPSA) is 41.9 Å². The van der Waals surface area contributed by atoms with Gasteiger partial charge in [-0.3, -0.25) is 0 Å². The Morgan fingerprint density at radius 2 is 1.28 bits per heavy atom. The Bertz CT molecular complexity index is 2460. The Labute approximate surface area is 252 Å². The molecule has 6 aromatic carbocycles.